The molecule has 1 saturated carbocycles. The van der Waals surface area contributed by atoms with Gasteiger partial charge in [0.25, 0.3) is 0 Å². The van der Waals surface area contributed by atoms with E-state index in [1.807, 2.05) is 32.2 Å². The average Bonchev–Trinajstić information content (AvgIpc) is 3.05. The Hall–Kier alpha value is -1.92. The van der Waals surface area contributed by atoms with Gasteiger partial charge in [-0.25, -0.2) is 0 Å². The van der Waals surface area contributed by atoms with Crippen LogP contribution in [0.25, 0.3) is 11.4 Å². The van der Waals surface area contributed by atoms with Gasteiger partial charge in [0.05, 0.1) is 19.8 Å². The molecule has 6 nitrogen and oxygen atoms in total. The summed E-state index contributed by atoms with van der Waals surface area (Å²) in [4.78, 5) is 6.65. The Labute approximate surface area is 148 Å². The van der Waals surface area contributed by atoms with E-state index >= 15 is 0 Å². The zero-order valence-electron chi connectivity index (χ0n) is 15.2. The summed E-state index contributed by atoms with van der Waals surface area (Å²) < 4.78 is 10.8. The molecule has 1 aliphatic rings. The first-order valence-corrected chi connectivity index (χ1v) is 8.91. The second-order valence-electron chi connectivity index (χ2n) is 7.00. The second kappa shape index (κ2) is 7.97. The van der Waals surface area contributed by atoms with Gasteiger partial charge < -0.3 is 14.4 Å². The molecular formula is C19H27N3O3. The number of methoxy groups -OCH3 is 1. The zero-order chi connectivity index (χ0) is 17.8. The van der Waals surface area contributed by atoms with Crippen LogP contribution in [0, 0.1) is 12.8 Å². The van der Waals surface area contributed by atoms with Crippen molar-refractivity contribution in [3.8, 4) is 17.1 Å². The van der Waals surface area contributed by atoms with Crippen molar-refractivity contribution < 1.29 is 14.4 Å². The van der Waals surface area contributed by atoms with E-state index in [2.05, 4.69) is 15.0 Å². The number of hydrogen-bond donors (Lipinski definition) is 1. The highest BCUT2D eigenvalue weighted by Gasteiger charge is 2.24. The summed E-state index contributed by atoms with van der Waals surface area (Å²) in [5, 5.41) is 14.2. The largest absolute Gasteiger partial charge is 0.496 e. The highest BCUT2D eigenvalue weighted by atomic mass is 16.5. The third-order valence-corrected chi connectivity index (χ3v) is 4.95. The number of aryl methyl sites for hydroxylation is 1. The molecule has 136 valence electrons. The fraction of sp³-hybridized carbons (Fsp3) is 0.579. The quantitative estimate of drug-likeness (QED) is 0.868. The Morgan fingerprint density at radius 1 is 1.32 bits per heavy atom. The molecule has 0 amide bonds. The van der Waals surface area contributed by atoms with Crippen LogP contribution in [0.15, 0.2) is 22.7 Å². The average molecular weight is 345 g/mol. The normalized spacial score (nSPS) is 20.8. The molecule has 3 rings (SSSR count). The Balaban J connectivity index is 1.63. The number of ether oxygens (including phenoxy) is 1. The SMILES string of the molecule is COc1cc(-c2noc(CN(C)CC3CCCCC3O)n2)ccc1C. The van der Waals surface area contributed by atoms with E-state index in [1.165, 1.54) is 6.42 Å². The van der Waals surface area contributed by atoms with Gasteiger partial charge in [0.1, 0.15) is 5.75 Å². The lowest BCUT2D eigenvalue weighted by Crippen LogP contribution is -2.34. The van der Waals surface area contributed by atoms with Crippen molar-refractivity contribution in [2.45, 2.75) is 45.3 Å². The van der Waals surface area contributed by atoms with E-state index < -0.39 is 0 Å². The van der Waals surface area contributed by atoms with Crippen LogP contribution in [0.4, 0.5) is 0 Å². The molecule has 2 atom stereocenters. The molecule has 25 heavy (non-hydrogen) atoms. The van der Waals surface area contributed by atoms with Gasteiger partial charge in [0, 0.05) is 12.1 Å². The van der Waals surface area contributed by atoms with Gasteiger partial charge in [-0.15, -0.1) is 0 Å². The molecule has 1 aliphatic carbocycles. The maximum absolute atomic E-state index is 10.1. The molecule has 1 fully saturated rings. The number of rotatable bonds is 6. The summed E-state index contributed by atoms with van der Waals surface area (Å²) in [6.45, 7) is 3.43. The van der Waals surface area contributed by atoms with Crippen LogP contribution < -0.4 is 4.74 Å². The fourth-order valence-corrected chi connectivity index (χ4v) is 3.49. The summed E-state index contributed by atoms with van der Waals surface area (Å²) in [5.74, 6) is 2.30. The summed E-state index contributed by atoms with van der Waals surface area (Å²) in [7, 11) is 3.68. The first-order chi connectivity index (χ1) is 12.1. The number of hydrogen-bond acceptors (Lipinski definition) is 6. The van der Waals surface area contributed by atoms with Crippen molar-refractivity contribution in [2.75, 3.05) is 20.7 Å². The summed E-state index contributed by atoms with van der Waals surface area (Å²) >= 11 is 0. The van der Waals surface area contributed by atoms with Crippen LogP contribution >= 0.6 is 0 Å². The fourth-order valence-electron chi connectivity index (χ4n) is 3.49. The monoisotopic (exact) mass is 345 g/mol. The Morgan fingerprint density at radius 3 is 2.88 bits per heavy atom. The van der Waals surface area contributed by atoms with Gasteiger partial charge in [-0.2, -0.15) is 4.98 Å². The molecular weight excluding hydrogens is 318 g/mol. The van der Waals surface area contributed by atoms with Crippen LogP contribution in [0.5, 0.6) is 5.75 Å². The van der Waals surface area contributed by atoms with Crippen molar-refractivity contribution in [1.29, 1.82) is 0 Å². The molecule has 0 aliphatic heterocycles. The van der Waals surface area contributed by atoms with E-state index in [1.54, 1.807) is 7.11 Å². The second-order valence-corrected chi connectivity index (χ2v) is 7.00. The number of aromatic nitrogens is 2. The van der Waals surface area contributed by atoms with Crippen molar-refractivity contribution in [3.05, 3.63) is 29.7 Å². The van der Waals surface area contributed by atoms with E-state index in [9.17, 15) is 5.11 Å². The maximum Gasteiger partial charge on any atom is 0.241 e. The minimum absolute atomic E-state index is 0.186. The van der Waals surface area contributed by atoms with Crippen molar-refractivity contribution in [3.63, 3.8) is 0 Å². The molecule has 6 heteroatoms. The van der Waals surface area contributed by atoms with Crippen LogP contribution in [0.1, 0.15) is 37.1 Å². The minimum Gasteiger partial charge on any atom is -0.496 e. The molecule has 2 unspecified atom stereocenters. The first kappa shape index (κ1) is 17.9. The van der Waals surface area contributed by atoms with Crippen LogP contribution in [-0.4, -0.2) is 47.0 Å². The number of aliphatic hydroxyl groups excluding tert-OH is 1. The summed E-state index contributed by atoms with van der Waals surface area (Å²) in [6, 6.07) is 5.88. The maximum atomic E-state index is 10.1. The van der Waals surface area contributed by atoms with Crippen LogP contribution in [0.2, 0.25) is 0 Å². The lowest BCUT2D eigenvalue weighted by atomic mass is 9.86. The van der Waals surface area contributed by atoms with Crippen LogP contribution in [0.3, 0.4) is 0 Å². The topological polar surface area (TPSA) is 71.6 Å². The Bertz CT molecular complexity index is 701. The van der Waals surface area contributed by atoms with Gasteiger partial charge in [-0.05, 0) is 44.4 Å². The summed E-state index contributed by atoms with van der Waals surface area (Å²) in [6.07, 6.45) is 4.15. The molecule has 0 spiro atoms. The van der Waals surface area contributed by atoms with Crippen molar-refractivity contribution in [2.24, 2.45) is 5.92 Å². The van der Waals surface area contributed by atoms with Gasteiger partial charge in [0.15, 0.2) is 0 Å². The van der Waals surface area contributed by atoms with Gasteiger partial charge in [-0.3, -0.25) is 4.90 Å². The molecule has 0 saturated heterocycles. The Morgan fingerprint density at radius 2 is 2.12 bits per heavy atom. The van der Waals surface area contributed by atoms with Crippen LogP contribution in [-0.2, 0) is 6.54 Å². The molecule has 0 radical (unpaired) electrons. The predicted octanol–water partition coefficient (Wildman–Crippen LogP) is 3.04. The number of nitrogens with zero attached hydrogens (tertiary/aromatic N) is 3. The smallest absolute Gasteiger partial charge is 0.241 e. The van der Waals surface area contributed by atoms with E-state index in [0.29, 0.717) is 24.2 Å². The minimum atomic E-state index is -0.186. The highest BCUT2D eigenvalue weighted by molar-refractivity contribution is 5.58. The van der Waals surface area contributed by atoms with E-state index in [-0.39, 0.29) is 6.10 Å². The van der Waals surface area contributed by atoms with Gasteiger partial charge >= 0.3 is 0 Å². The number of benzene rings is 1. The highest BCUT2D eigenvalue weighted by Crippen LogP contribution is 2.26. The third-order valence-electron chi connectivity index (χ3n) is 4.95. The van der Waals surface area contributed by atoms with Crippen molar-refractivity contribution >= 4 is 0 Å². The van der Waals surface area contributed by atoms with E-state index in [0.717, 1.165) is 42.7 Å². The third kappa shape index (κ3) is 4.38. The zero-order valence-corrected chi connectivity index (χ0v) is 15.2. The van der Waals surface area contributed by atoms with E-state index in [4.69, 9.17) is 9.26 Å². The van der Waals surface area contributed by atoms with Gasteiger partial charge in [-0.1, -0.05) is 30.1 Å². The lowest BCUT2D eigenvalue weighted by molar-refractivity contribution is 0.0484. The number of aliphatic hydroxyl groups is 1. The molecule has 0 bridgehead atoms. The molecule has 1 aromatic heterocycles. The molecule has 2 aromatic rings. The molecule has 1 heterocycles. The van der Waals surface area contributed by atoms with Gasteiger partial charge in [0.2, 0.25) is 11.7 Å². The summed E-state index contributed by atoms with van der Waals surface area (Å²) in [5.41, 5.74) is 1.95. The van der Waals surface area contributed by atoms with Crippen molar-refractivity contribution in [1.82, 2.24) is 15.0 Å². The standard InChI is InChI=1S/C19H27N3O3/c1-13-8-9-14(10-17(13)24-3)19-20-18(25-21-19)12-22(2)11-15-6-4-5-7-16(15)23/h8-10,15-16,23H,4-7,11-12H2,1-3H3. The predicted molar refractivity (Wildman–Crippen MR) is 95.3 cm³/mol. The Kier molecular flexibility index (Phi) is 5.71. The molecule has 1 N–H and O–H groups in total. The molecule has 1 aromatic carbocycles. The first-order valence-electron chi connectivity index (χ1n) is 8.91. The lowest BCUT2D eigenvalue weighted by Gasteiger charge is -2.30.